The lowest BCUT2D eigenvalue weighted by molar-refractivity contribution is 0.491. The average Bonchev–Trinajstić information content (AvgIpc) is 3.02. The summed E-state index contributed by atoms with van der Waals surface area (Å²) in [5, 5.41) is 8.61. The molecule has 4 nitrogen and oxygen atoms in total. The van der Waals surface area contributed by atoms with Crippen molar-refractivity contribution in [2.24, 2.45) is 7.05 Å². The Morgan fingerprint density at radius 3 is 2.70 bits per heavy atom. The number of aryl methyl sites for hydroxylation is 3. The molecule has 5 heteroatoms. The molecular weight excluding hydrogens is 274 g/mol. The second kappa shape index (κ2) is 6.46. The molecule has 1 N–H and O–H groups in total. The van der Waals surface area contributed by atoms with E-state index in [1.807, 2.05) is 24.8 Å². The van der Waals surface area contributed by atoms with Gasteiger partial charge in [-0.2, -0.15) is 5.10 Å². The van der Waals surface area contributed by atoms with E-state index in [0.717, 1.165) is 41.4 Å². The molecule has 110 valence electrons. The molecule has 0 aliphatic rings. The topological polar surface area (TPSA) is 43.0 Å². The van der Waals surface area contributed by atoms with E-state index < -0.39 is 0 Å². The van der Waals surface area contributed by atoms with Crippen molar-refractivity contribution in [3.8, 4) is 0 Å². The third-order valence-electron chi connectivity index (χ3n) is 3.73. The van der Waals surface area contributed by atoms with Gasteiger partial charge in [-0.05, 0) is 19.5 Å². The predicted molar refractivity (Wildman–Crippen MR) is 81.2 cm³/mol. The van der Waals surface area contributed by atoms with E-state index in [-0.39, 0.29) is 6.04 Å². The van der Waals surface area contributed by atoms with Crippen LogP contribution in [0.5, 0.6) is 0 Å². The van der Waals surface area contributed by atoms with Gasteiger partial charge >= 0.3 is 0 Å². The highest BCUT2D eigenvalue weighted by Crippen LogP contribution is 2.28. The molecule has 0 radical (unpaired) electrons. The highest BCUT2D eigenvalue weighted by atomic mass is 35.5. The van der Waals surface area contributed by atoms with Gasteiger partial charge < -0.3 is 9.73 Å². The van der Waals surface area contributed by atoms with Crippen LogP contribution >= 0.6 is 11.6 Å². The summed E-state index contributed by atoms with van der Waals surface area (Å²) in [6, 6.07) is 2.21. The summed E-state index contributed by atoms with van der Waals surface area (Å²) < 4.78 is 7.41. The average molecular weight is 296 g/mol. The van der Waals surface area contributed by atoms with Gasteiger partial charge in [-0.3, -0.25) is 4.68 Å². The van der Waals surface area contributed by atoms with Crippen LogP contribution in [-0.4, -0.2) is 16.8 Å². The number of nitrogens with one attached hydrogen (secondary N) is 1. The molecule has 1 unspecified atom stereocenters. The Morgan fingerprint density at radius 1 is 1.40 bits per heavy atom. The van der Waals surface area contributed by atoms with Gasteiger partial charge in [0.2, 0.25) is 0 Å². The van der Waals surface area contributed by atoms with Gasteiger partial charge in [-0.25, -0.2) is 0 Å². The first-order chi connectivity index (χ1) is 9.62. The molecule has 2 rings (SSSR count). The Hall–Kier alpha value is -1.26. The van der Waals surface area contributed by atoms with Gasteiger partial charge in [0.25, 0.3) is 0 Å². The van der Waals surface area contributed by atoms with Gasteiger partial charge in [0, 0.05) is 31.5 Å². The molecule has 2 aromatic rings. The highest BCUT2D eigenvalue weighted by Gasteiger charge is 2.21. The summed E-state index contributed by atoms with van der Waals surface area (Å²) in [5.41, 5.74) is 3.22. The quantitative estimate of drug-likeness (QED) is 0.889. The van der Waals surface area contributed by atoms with E-state index in [2.05, 4.69) is 24.3 Å². The first kappa shape index (κ1) is 15.1. The Morgan fingerprint density at radius 2 is 2.15 bits per heavy atom. The third kappa shape index (κ3) is 2.76. The molecule has 0 spiro atoms. The van der Waals surface area contributed by atoms with E-state index in [1.54, 1.807) is 6.26 Å². The number of furan rings is 1. The van der Waals surface area contributed by atoms with Gasteiger partial charge in [-0.15, -0.1) is 0 Å². The van der Waals surface area contributed by atoms with E-state index in [4.69, 9.17) is 16.0 Å². The largest absolute Gasteiger partial charge is 0.469 e. The molecule has 1 atom stereocenters. The minimum atomic E-state index is 0.182. The zero-order valence-corrected chi connectivity index (χ0v) is 13.3. The van der Waals surface area contributed by atoms with Crippen LogP contribution in [0.3, 0.4) is 0 Å². The fraction of sp³-hybridized carbons (Fsp3) is 0.533. The zero-order chi connectivity index (χ0) is 14.7. The SMILES string of the molecule is CCc1nn(C)c(CC(NC)c2ccoc2CC)c1Cl. The molecule has 20 heavy (non-hydrogen) atoms. The van der Waals surface area contributed by atoms with Crippen molar-refractivity contribution in [1.82, 2.24) is 15.1 Å². The summed E-state index contributed by atoms with van der Waals surface area (Å²) >= 11 is 6.43. The molecule has 0 aromatic carbocycles. The molecule has 2 heterocycles. The number of rotatable bonds is 6. The van der Waals surface area contributed by atoms with Crippen LogP contribution in [0.1, 0.15) is 42.6 Å². The molecule has 0 saturated heterocycles. The Bertz CT molecular complexity index is 574. The molecule has 0 fully saturated rings. The smallest absolute Gasteiger partial charge is 0.108 e. The Labute approximate surface area is 125 Å². The maximum Gasteiger partial charge on any atom is 0.108 e. The van der Waals surface area contributed by atoms with Crippen molar-refractivity contribution in [3.05, 3.63) is 40.1 Å². The van der Waals surface area contributed by atoms with Crippen LogP contribution in [0.4, 0.5) is 0 Å². The summed E-state index contributed by atoms with van der Waals surface area (Å²) in [6.45, 7) is 4.17. The van der Waals surface area contributed by atoms with Crippen molar-refractivity contribution in [2.45, 2.75) is 39.2 Å². The van der Waals surface area contributed by atoms with E-state index >= 15 is 0 Å². The van der Waals surface area contributed by atoms with Crippen molar-refractivity contribution >= 4 is 11.6 Å². The maximum atomic E-state index is 6.43. The predicted octanol–water partition coefficient (Wildman–Crippen LogP) is 3.29. The number of hydrogen-bond acceptors (Lipinski definition) is 3. The second-order valence-electron chi connectivity index (χ2n) is 4.88. The summed E-state index contributed by atoms with van der Waals surface area (Å²) in [6.07, 6.45) is 4.29. The minimum absolute atomic E-state index is 0.182. The number of aromatic nitrogens is 2. The van der Waals surface area contributed by atoms with Crippen LogP contribution in [0.15, 0.2) is 16.7 Å². The van der Waals surface area contributed by atoms with Crippen LogP contribution in [0.2, 0.25) is 5.02 Å². The van der Waals surface area contributed by atoms with Crippen LogP contribution in [-0.2, 0) is 26.3 Å². The summed E-state index contributed by atoms with van der Waals surface area (Å²) in [4.78, 5) is 0. The number of nitrogens with zero attached hydrogens (tertiary/aromatic N) is 2. The van der Waals surface area contributed by atoms with E-state index in [0.29, 0.717) is 0 Å². The van der Waals surface area contributed by atoms with Gasteiger partial charge in [0.05, 0.1) is 22.7 Å². The van der Waals surface area contributed by atoms with Gasteiger partial charge in [-0.1, -0.05) is 25.4 Å². The summed E-state index contributed by atoms with van der Waals surface area (Å²) in [7, 11) is 3.91. The maximum absolute atomic E-state index is 6.43. The standard InChI is InChI=1S/C15H22ClN3O/c1-5-11-15(16)13(19(4)18-11)9-12(17-3)10-7-8-20-14(10)6-2/h7-8,12,17H,5-6,9H2,1-4H3. The lowest BCUT2D eigenvalue weighted by atomic mass is 10.0. The summed E-state index contributed by atoms with van der Waals surface area (Å²) in [5.74, 6) is 1.03. The second-order valence-corrected chi connectivity index (χ2v) is 5.26. The Kier molecular flexibility index (Phi) is 4.89. The fourth-order valence-electron chi connectivity index (χ4n) is 2.55. The zero-order valence-electron chi connectivity index (χ0n) is 12.5. The lowest BCUT2D eigenvalue weighted by Crippen LogP contribution is -2.21. The molecule has 0 bridgehead atoms. The highest BCUT2D eigenvalue weighted by molar-refractivity contribution is 6.31. The lowest BCUT2D eigenvalue weighted by Gasteiger charge is -2.16. The van der Waals surface area contributed by atoms with Crippen molar-refractivity contribution in [3.63, 3.8) is 0 Å². The van der Waals surface area contributed by atoms with Crippen molar-refractivity contribution < 1.29 is 4.42 Å². The molecule has 0 saturated carbocycles. The molecular formula is C15H22ClN3O. The minimum Gasteiger partial charge on any atom is -0.469 e. The van der Waals surface area contributed by atoms with Crippen LogP contribution < -0.4 is 5.32 Å². The molecule has 0 aliphatic carbocycles. The monoisotopic (exact) mass is 295 g/mol. The van der Waals surface area contributed by atoms with Gasteiger partial charge in [0.15, 0.2) is 0 Å². The first-order valence-electron chi connectivity index (χ1n) is 7.06. The fourth-order valence-corrected chi connectivity index (χ4v) is 2.92. The number of hydrogen-bond donors (Lipinski definition) is 1. The van der Waals surface area contributed by atoms with Crippen LogP contribution in [0.25, 0.3) is 0 Å². The van der Waals surface area contributed by atoms with Crippen molar-refractivity contribution in [2.75, 3.05) is 7.05 Å². The number of likely N-dealkylation sites (N-methyl/N-ethyl adjacent to an activating group) is 1. The van der Waals surface area contributed by atoms with Gasteiger partial charge in [0.1, 0.15) is 5.76 Å². The Balaban J connectivity index is 2.29. The van der Waals surface area contributed by atoms with E-state index in [9.17, 15) is 0 Å². The number of halogens is 1. The molecule has 0 aliphatic heterocycles. The third-order valence-corrected chi connectivity index (χ3v) is 4.16. The van der Waals surface area contributed by atoms with Crippen molar-refractivity contribution in [1.29, 1.82) is 0 Å². The first-order valence-corrected chi connectivity index (χ1v) is 7.43. The van der Waals surface area contributed by atoms with E-state index in [1.165, 1.54) is 5.56 Å². The van der Waals surface area contributed by atoms with Crippen LogP contribution in [0, 0.1) is 0 Å². The molecule has 0 amide bonds. The normalized spacial score (nSPS) is 12.8. The molecule has 2 aromatic heterocycles.